The number of aromatic nitrogens is 1. The van der Waals surface area contributed by atoms with E-state index in [0.717, 1.165) is 12.0 Å². The lowest BCUT2D eigenvalue weighted by Gasteiger charge is -2.04. The van der Waals surface area contributed by atoms with Crippen molar-refractivity contribution < 1.29 is 9.21 Å². The molecule has 2 atom stereocenters. The fourth-order valence-corrected chi connectivity index (χ4v) is 3.56. The van der Waals surface area contributed by atoms with E-state index in [2.05, 4.69) is 22.4 Å². The number of nitrogens with one attached hydrogen (secondary N) is 1. The van der Waals surface area contributed by atoms with Gasteiger partial charge in [0.15, 0.2) is 0 Å². The van der Waals surface area contributed by atoms with Crippen LogP contribution in [0.25, 0.3) is 11.5 Å². The van der Waals surface area contributed by atoms with Crippen molar-refractivity contribution in [1.82, 2.24) is 10.3 Å². The van der Waals surface area contributed by atoms with Gasteiger partial charge in [0, 0.05) is 22.9 Å². The quantitative estimate of drug-likeness (QED) is 0.767. The summed E-state index contributed by atoms with van der Waals surface area (Å²) in [5.74, 6) is 1.74. The number of hydrogen-bond acceptors (Lipinski definition) is 4. The van der Waals surface area contributed by atoms with E-state index in [4.69, 9.17) is 4.42 Å². The highest BCUT2D eigenvalue weighted by Gasteiger charge is 2.39. The van der Waals surface area contributed by atoms with E-state index >= 15 is 0 Å². The van der Waals surface area contributed by atoms with Gasteiger partial charge in [0.25, 0.3) is 0 Å². The molecule has 1 N–H and O–H groups in total. The number of amides is 1. The van der Waals surface area contributed by atoms with Crippen LogP contribution >= 0.6 is 11.3 Å². The summed E-state index contributed by atoms with van der Waals surface area (Å²) >= 11 is 1.60. The molecule has 1 aromatic carbocycles. The molecule has 3 aromatic rings. The van der Waals surface area contributed by atoms with Crippen molar-refractivity contribution in [2.24, 2.45) is 0 Å². The molecule has 1 aliphatic carbocycles. The van der Waals surface area contributed by atoms with Crippen LogP contribution in [0.5, 0.6) is 0 Å². The number of hydrogen-bond donors (Lipinski definition) is 1. The average molecular weight is 338 g/mol. The Hall–Kier alpha value is -2.40. The Kier molecular flexibility index (Phi) is 3.94. The molecule has 4 nitrogen and oxygen atoms in total. The average Bonchev–Trinajstić information content (AvgIpc) is 2.97. The third-order valence-corrected chi connectivity index (χ3v) is 5.04. The number of rotatable bonds is 5. The molecule has 0 radical (unpaired) electrons. The number of carbonyl (C=O) groups is 1. The highest BCUT2D eigenvalue weighted by Crippen LogP contribution is 2.40. The smallest absolute Gasteiger partial charge is 0.227 e. The van der Waals surface area contributed by atoms with Crippen LogP contribution in [0.4, 0.5) is 0 Å². The number of benzene rings is 1. The summed E-state index contributed by atoms with van der Waals surface area (Å²) in [6, 6.07) is 12.5. The maximum Gasteiger partial charge on any atom is 0.227 e. The van der Waals surface area contributed by atoms with Gasteiger partial charge in [-0.1, -0.05) is 30.3 Å². The van der Waals surface area contributed by atoms with Crippen LogP contribution < -0.4 is 5.32 Å². The Balaban J connectivity index is 1.37. The summed E-state index contributed by atoms with van der Waals surface area (Å²) in [7, 11) is 0. The molecular formula is C19H18N2O2S. The van der Waals surface area contributed by atoms with Gasteiger partial charge in [-0.25, -0.2) is 4.98 Å². The van der Waals surface area contributed by atoms with E-state index in [1.165, 1.54) is 5.56 Å². The van der Waals surface area contributed by atoms with Gasteiger partial charge in [0.2, 0.25) is 11.8 Å². The molecule has 5 heteroatoms. The van der Waals surface area contributed by atoms with Gasteiger partial charge in [0.1, 0.15) is 5.76 Å². The Bertz CT molecular complexity index is 840. The molecule has 1 fully saturated rings. The molecule has 1 amide bonds. The monoisotopic (exact) mass is 338 g/mol. The first kappa shape index (κ1) is 15.1. The number of nitrogens with zero attached hydrogens (tertiary/aromatic N) is 1. The largest absolute Gasteiger partial charge is 0.441 e. The molecule has 24 heavy (non-hydrogen) atoms. The van der Waals surface area contributed by atoms with E-state index < -0.39 is 0 Å². The second-order valence-corrected chi connectivity index (χ2v) is 6.92. The fraction of sp³-hybridized carbons (Fsp3) is 0.263. The fourth-order valence-electron chi connectivity index (χ4n) is 2.93. The van der Waals surface area contributed by atoms with Crippen LogP contribution in [0, 0.1) is 6.92 Å². The highest BCUT2D eigenvalue weighted by atomic mass is 32.1. The molecular weight excluding hydrogens is 320 g/mol. The van der Waals surface area contributed by atoms with Gasteiger partial charge in [-0.3, -0.25) is 4.79 Å². The predicted molar refractivity (Wildman–Crippen MR) is 94.0 cm³/mol. The van der Waals surface area contributed by atoms with Crippen LogP contribution in [0.2, 0.25) is 0 Å². The van der Waals surface area contributed by atoms with Gasteiger partial charge in [0.05, 0.1) is 12.1 Å². The minimum absolute atomic E-state index is 0.00620. The van der Waals surface area contributed by atoms with Crippen LogP contribution in [-0.2, 0) is 11.2 Å². The van der Waals surface area contributed by atoms with Crippen molar-refractivity contribution >= 4 is 17.2 Å². The Morgan fingerprint density at radius 3 is 2.92 bits per heavy atom. The number of aryl methyl sites for hydroxylation is 1. The van der Waals surface area contributed by atoms with E-state index in [9.17, 15) is 4.79 Å². The standard InChI is InChI=1S/C19H18N2O2S/c1-12-16(21-19(23-12)14-7-8-24-11-14)10-18(22)20-17-9-15(17)13-5-3-2-4-6-13/h2-8,11,15,17H,9-10H2,1H3,(H,20,22)/t15-,17-/m1/s1. The van der Waals surface area contributed by atoms with E-state index in [1.807, 2.05) is 41.9 Å². The topological polar surface area (TPSA) is 55.1 Å². The zero-order chi connectivity index (χ0) is 16.5. The minimum Gasteiger partial charge on any atom is -0.441 e. The number of thiophene rings is 1. The van der Waals surface area contributed by atoms with Gasteiger partial charge in [-0.05, 0) is 30.4 Å². The lowest BCUT2D eigenvalue weighted by Crippen LogP contribution is -2.28. The van der Waals surface area contributed by atoms with Gasteiger partial charge >= 0.3 is 0 Å². The third-order valence-electron chi connectivity index (χ3n) is 4.35. The van der Waals surface area contributed by atoms with E-state index in [1.54, 1.807) is 11.3 Å². The summed E-state index contributed by atoms with van der Waals surface area (Å²) in [6.45, 7) is 1.86. The maximum atomic E-state index is 12.3. The van der Waals surface area contributed by atoms with Crippen LogP contribution in [-0.4, -0.2) is 16.9 Å². The molecule has 0 bridgehead atoms. The summed E-state index contributed by atoms with van der Waals surface area (Å²) in [4.78, 5) is 16.8. The molecule has 2 heterocycles. The molecule has 0 saturated heterocycles. The Morgan fingerprint density at radius 1 is 1.33 bits per heavy atom. The lowest BCUT2D eigenvalue weighted by atomic mass is 10.1. The second kappa shape index (κ2) is 6.24. The van der Waals surface area contributed by atoms with Crippen LogP contribution in [0.3, 0.4) is 0 Å². The van der Waals surface area contributed by atoms with E-state index in [-0.39, 0.29) is 18.4 Å². The maximum absolute atomic E-state index is 12.3. The molecule has 1 saturated carbocycles. The summed E-state index contributed by atoms with van der Waals surface area (Å²) < 4.78 is 5.69. The minimum atomic E-state index is 0.00620. The lowest BCUT2D eigenvalue weighted by molar-refractivity contribution is -0.120. The first-order valence-corrected chi connectivity index (χ1v) is 8.98. The van der Waals surface area contributed by atoms with Crippen LogP contribution in [0.15, 0.2) is 51.6 Å². The molecule has 1 aliphatic rings. The summed E-state index contributed by atoms with van der Waals surface area (Å²) in [5, 5.41) is 7.08. The van der Waals surface area contributed by atoms with Crippen LogP contribution in [0.1, 0.15) is 29.4 Å². The zero-order valence-electron chi connectivity index (χ0n) is 13.4. The molecule has 122 valence electrons. The Morgan fingerprint density at radius 2 is 2.17 bits per heavy atom. The molecule has 4 rings (SSSR count). The van der Waals surface area contributed by atoms with Crippen molar-refractivity contribution in [3.8, 4) is 11.5 Å². The zero-order valence-corrected chi connectivity index (χ0v) is 14.2. The third kappa shape index (κ3) is 3.12. The molecule has 0 aliphatic heterocycles. The molecule has 0 unspecified atom stereocenters. The van der Waals surface area contributed by atoms with Crippen molar-refractivity contribution in [1.29, 1.82) is 0 Å². The summed E-state index contributed by atoms with van der Waals surface area (Å²) in [6.07, 6.45) is 1.27. The SMILES string of the molecule is Cc1oc(-c2ccsc2)nc1CC(=O)N[C@@H]1C[C@@H]1c1ccccc1. The number of oxazole rings is 1. The molecule has 2 aromatic heterocycles. The number of carbonyl (C=O) groups excluding carboxylic acids is 1. The van der Waals surface area contributed by atoms with Crippen molar-refractivity contribution in [3.05, 3.63) is 64.2 Å². The van der Waals surface area contributed by atoms with E-state index in [0.29, 0.717) is 23.3 Å². The normalized spacial score (nSPS) is 19.2. The van der Waals surface area contributed by atoms with Crippen molar-refractivity contribution in [2.45, 2.75) is 31.7 Å². The van der Waals surface area contributed by atoms with Gasteiger partial charge < -0.3 is 9.73 Å². The second-order valence-electron chi connectivity index (χ2n) is 6.14. The van der Waals surface area contributed by atoms with Gasteiger partial charge in [-0.15, -0.1) is 0 Å². The Labute approximate surface area is 144 Å². The first-order chi connectivity index (χ1) is 11.7. The van der Waals surface area contributed by atoms with Gasteiger partial charge in [-0.2, -0.15) is 11.3 Å². The van der Waals surface area contributed by atoms with Crippen molar-refractivity contribution in [3.63, 3.8) is 0 Å². The highest BCUT2D eigenvalue weighted by molar-refractivity contribution is 7.08. The molecule has 0 spiro atoms. The summed E-state index contributed by atoms with van der Waals surface area (Å²) in [5.41, 5.74) is 2.96. The first-order valence-electron chi connectivity index (χ1n) is 8.04. The predicted octanol–water partition coefficient (Wildman–Crippen LogP) is 3.93. The van der Waals surface area contributed by atoms with Crippen molar-refractivity contribution in [2.75, 3.05) is 0 Å².